The molecule has 2 rings (SSSR count). The minimum absolute atomic E-state index is 0.00800. The van der Waals surface area contributed by atoms with Crippen molar-refractivity contribution in [2.24, 2.45) is 10.8 Å². The summed E-state index contributed by atoms with van der Waals surface area (Å²) in [7, 11) is -3.74. The number of esters is 2. The van der Waals surface area contributed by atoms with Gasteiger partial charge in [0.25, 0.3) is 5.56 Å². The van der Waals surface area contributed by atoms with Gasteiger partial charge in [0.2, 0.25) is 13.6 Å². The van der Waals surface area contributed by atoms with E-state index in [0.29, 0.717) is 30.5 Å². The smallest absolute Gasteiger partial charge is 0.336 e. The van der Waals surface area contributed by atoms with Gasteiger partial charge in [-0.15, -0.1) is 0 Å². The second-order valence-electron chi connectivity index (χ2n) is 9.99. The van der Waals surface area contributed by atoms with Crippen molar-refractivity contribution in [1.29, 1.82) is 0 Å². The topological polar surface area (TPSA) is 162 Å². The molecule has 0 saturated heterocycles. The van der Waals surface area contributed by atoms with Gasteiger partial charge in [0.1, 0.15) is 5.52 Å². The summed E-state index contributed by atoms with van der Waals surface area (Å²) in [6.45, 7) is 9.86. The summed E-state index contributed by atoms with van der Waals surface area (Å²) in [4.78, 5) is 45.2. The quantitative estimate of drug-likeness (QED) is 0.166. The predicted octanol–water partition coefficient (Wildman–Crippen LogP) is 3.05. The minimum Gasteiger partial charge on any atom is -0.438 e. The third-order valence-corrected chi connectivity index (χ3v) is 6.61. The zero-order valence-electron chi connectivity index (χ0n) is 21.1. The second kappa shape index (κ2) is 11.9. The normalized spacial score (nSPS) is 12.6. The summed E-state index contributed by atoms with van der Waals surface area (Å²) in [6, 6.07) is 0. The van der Waals surface area contributed by atoms with Gasteiger partial charge in [0.05, 0.1) is 28.8 Å². The fourth-order valence-electron chi connectivity index (χ4n) is 2.68. The molecule has 13 heteroatoms. The lowest BCUT2D eigenvalue weighted by Crippen LogP contribution is -2.25. The van der Waals surface area contributed by atoms with Gasteiger partial charge in [-0.05, 0) is 54.5 Å². The molecule has 0 bridgehead atoms. The first kappa shape index (κ1) is 28.7. The number of carbonyl (C=O) groups excluding carboxylic acids is 2. The Balaban J connectivity index is 1.88. The van der Waals surface area contributed by atoms with E-state index >= 15 is 0 Å². The van der Waals surface area contributed by atoms with Crippen LogP contribution in [0.3, 0.4) is 0 Å². The fraction of sp³-hybridized carbons (Fsp3) is 0.636. The van der Waals surface area contributed by atoms with Gasteiger partial charge in [-0.3, -0.25) is 28.0 Å². The summed E-state index contributed by atoms with van der Waals surface area (Å²) in [5, 5.41) is 3.19. The van der Waals surface area contributed by atoms with Gasteiger partial charge in [-0.1, -0.05) is 0 Å². The van der Waals surface area contributed by atoms with Crippen LogP contribution in [-0.4, -0.2) is 53.2 Å². The van der Waals surface area contributed by atoms with Crippen molar-refractivity contribution in [1.82, 2.24) is 20.3 Å². The van der Waals surface area contributed by atoms with Crippen LogP contribution in [0.5, 0.6) is 0 Å². The highest BCUT2D eigenvalue weighted by Gasteiger charge is 2.29. The Morgan fingerprint density at radius 1 is 1.00 bits per heavy atom. The van der Waals surface area contributed by atoms with Crippen LogP contribution in [0.2, 0.25) is 0 Å². The van der Waals surface area contributed by atoms with E-state index < -0.39 is 44.0 Å². The first-order valence-corrected chi connectivity index (χ1v) is 12.9. The number of nitrogens with one attached hydrogen (secondary N) is 3. The van der Waals surface area contributed by atoms with E-state index in [4.69, 9.17) is 18.5 Å². The Bertz CT molecular complexity index is 1080. The number of hydrogen-bond acceptors (Lipinski definition) is 10. The van der Waals surface area contributed by atoms with E-state index in [2.05, 4.69) is 20.3 Å². The molecule has 0 fully saturated rings. The van der Waals surface area contributed by atoms with E-state index in [9.17, 15) is 18.9 Å². The van der Waals surface area contributed by atoms with Gasteiger partial charge in [-0.2, -0.15) is 0 Å². The number of aromatic nitrogens is 3. The highest BCUT2D eigenvalue weighted by atomic mass is 31.2. The SMILES string of the molecule is CC(C)(C)C(=O)OCOP(=O)(CCCNCc1c[nH]c2c(=O)[nH]cnc12)OCOC(=O)C(C)(C)C. The first-order chi connectivity index (χ1) is 16.2. The van der Waals surface area contributed by atoms with Crippen molar-refractivity contribution in [2.45, 2.75) is 54.5 Å². The first-order valence-electron chi connectivity index (χ1n) is 11.2. The van der Waals surface area contributed by atoms with Crippen molar-refractivity contribution in [3.8, 4) is 0 Å². The standard InChI is InChI=1S/C22H35N4O8P/c1-21(2,3)19(28)31-13-33-35(30,34-14-32-20(29)22(4,5)6)9-7-8-23-10-15-11-24-17-16(15)25-12-26-18(17)27/h11-12,23-24H,7-10,13-14H2,1-6H3,(H,25,26,27). The maximum atomic E-state index is 13.2. The highest BCUT2D eigenvalue weighted by Crippen LogP contribution is 2.48. The molecule has 0 aliphatic rings. The molecule has 0 unspecified atom stereocenters. The number of carbonyl (C=O) groups is 2. The molecule has 2 heterocycles. The molecule has 0 aliphatic heterocycles. The molecule has 3 N–H and O–H groups in total. The Kier molecular flexibility index (Phi) is 9.79. The van der Waals surface area contributed by atoms with E-state index in [1.165, 1.54) is 6.33 Å². The van der Waals surface area contributed by atoms with E-state index in [1.54, 1.807) is 47.7 Å². The van der Waals surface area contributed by atoms with Gasteiger partial charge < -0.3 is 24.8 Å². The van der Waals surface area contributed by atoms with Crippen molar-refractivity contribution in [3.05, 3.63) is 28.4 Å². The monoisotopic (exact) mass is 514 g/mol. The van der Waals surface area contributed by atoms with E-state index in [0.717, 1.165) is 5.56 Å². The molecule has 12 nitrogen and oxygen atoms in total. The minimum atomic E-state index is -3.74. The average Bonchev–Trinajstić information content (AvgIpc) is 3.16. The zero-order valence-corrected chi connectivity index (χ0v) is 22.0. The Labute approximate surface area is 204 Å². The molecule has 2 aromatic heterocycles. The maximum absolute atomic E-state index is 13.2. The van der Waals surface area contributed by atoms with Crippen LogP contribution in [0.4, 0.5) is 0 Å². The lowest BCUT2D eigenvalue weighted by molar-refractivity contribution is -0.162. The third kappa shape index (κ3) is 8.88. The Morgan fingerprint density at radius 3 is 2.11 bits per heavy atom. The second-order valence-corrected chi connectivity index (χ2v) is 12.2. The summed E-state index contributed by atoms with van der Waals surface area (Å²) in [5.74, 6) is -1.04. The zero-order chi connectivity index (χ0) is 26.3. The molecule has 0 spiro atoms. The molecule has 0 aliphatic carbocycles. The largest absolute Gasteiger partial charge is 0.438 e. The number of aromatic amines is 2. The lowest BCUT2D eigenvalue weighted by atomic mass is 9.98. The Morgan fingerprint density at radius 2 is 1.57 bits per heavy atom. The molecule has 0 atom stereocenters. The van der Waals surface area contributed by atoms with Crippen LogP contribution in [-0.2, 0) is 39.2 Å². The molecule has 35 heavy (non-hydrogen) atoms. The Hall–Kier alpha value is -2.53. The molecule has 196 valence electrons. The molecular weight excluding hydrogens is 479 g/mol. The van der Waals surface area contributed by atoms with Gasteiger partial charge in [0.15, 0.2) is 0 Å². The van der Waals surface area contributed by atoms with Crippen molar-refractivity contribution < 1.29 is 32.7 Å². The number of H-pyrrole nitrogens is 2. The third-order valence-electron chi connectivity index (χ3n) is 4.75. The van der Waals surface area contributed by atoms with Crippen molar-refractivity contribution in [3.63, 3.8) is 0 Å². The maximum Gasteiger partial charge on any atom is 0.336 e. The molecule has 0 radical (unpaired) electrons. The van der Waals surface area contributed by atoms with Crippen LogP contribution in [0, 0.1) is 10.8 Å². The number of rotatable bonds is 12. The van der Waals surface area contributed by atoms with Crippen LogP contribution in [0.1, 0.15) is 53.5 Å². The summed E-state index contributed by atoms with van der Waals surface area (Å²) in [6.07, 6.45) is 3.41. The summed E-state index contributed by atoms with van der Waals surface area (Å²) in [5.41, 5.74) is 0.0243. The highest BCUT2D eigenvalue weighted by molar-refractivity contribution is 7.53. The van der Waals surface area contributed by atoms with Gasteiger partial charge in [-0.25, -0.2) is 4.98 Å². The molecule has 2 aromatic rings. The summed E-state index contributed by atoms with van der Waals surface area (Å²) >= 11 is 0. The molecule has 0 aromatic carbocycles. The van der Waals surface area contributed by atoms with E-state index in [1.807, 2.05) is 0 Å². The number of fused-ring (bicyclic) bond motifs is 1. The predicted molar refractivity (Wildman–Crippen MR) is 129 cm³/mol. The van der Waals surface area contributed by atoms with Crippen LogP contribution in [0.15, 0.2) is 17.3 Å². The van der Waals surface area contributed by atoms with Gasteiger partial charge in [0, 0.05) is 18.3 Å². The van der Waals surface area contributed by atoms with Crippen molar-refractivity contribution in [2.75, 3.05) is 26.3 Å². The molecular formula is C22H35N4O8P. The fourth-order valence-corrected chi connectivity index (χ4v) is 3.98. The van der Waals surface area contributed by atoms with Crippen LogP contribution >= 0.6 is 7.60 Å². The van der Waals surface area contributed by atoms with Crippen LogP contribution in [0.25, 0.3) is 11.0 Å². The molecule has 0 saturated carbocycles. The summed E-state index contributed by atoms with van der Waals surface area (Å²) < 4.78 is 33.9. The lowest BCUT2D eigenvalue weighted by Gasteiger charge is -2.22. The number of nitrogens with zero attached hydrogens (tertiary/aromatic N) is 1. The van der Waals surface area contributed by atoms with Crippen LogP contribution < -0.4 is 10.9 Å². The van der Waals surface area contributed by atoms with Crippen molar-refractivity contribution >= 4 is 30.6 Å². The number of ether oxygens (including phenoxy) is 2. The number of hydrogen-bond donors (Lipinski definition) is 3. The molecule has 0 amide bonds. The van der Waals surface area contributed by atoms with Gasteiger partial charge >= 0.3 is 19.5 Å². The van der Waals surface area contributed by atoms with E-state index in [-0.39, 0.29) is 11.7 Å². The average molecular weight is 515 g/mol.